The summed E-state index contributed by atoms with van der Waals surface area (Å²) >= 11 is 0. The lowest BCUT2D eigenvalue weighted by Gasteiger charge is -2.15. The van der Waals surface area contributed by atoms with E-state index >= 15 is 0 Å². The van der Waals surface area contributed by atoms with E-state index in [9.17, 15) is 14.4 Å². The van der Waals surface area contributed by atoms with Crippen LogP contribution in [0.4, 0.5) is 0 Å². The Morgan fingerprint density at radius 2 is 1.95 bits per heavy atom. The Labute approximate surface area is 122 Å². The Bertz CT molecular complexity index is 531. The van der Waals surface area contributed by atoms with Gasteiger partial charge in [0.15, 0.2) is 0 Å². The molecule has 0 aliphatic rings. The van der Waals surface area contributed by atoms with Crippen LogP contribution in [0.1, 0.15) is 22.3 Å². The van der Waals surface area contributed by atoms with Crippen molar-refractivity contribution in [3.63, 3.8) is 0 Å². The third-order valence-electron chi connectivity index (χ3n) is 2.92. The number of primary amides is 1. The van der Waals surface area contributed by atoms with Gasteiger partial charge in [-0.1, -0.05) is 18.2 Å². The number of hydrogen-bond donors (Lipinski definition) is 4. The fraction of sp³-hybridized carbons (Fsp3) is 0.357. The molecule has 0 aliphatic carbocycles. The van der Waals surface area contributed by atoms with E-state index in [4.69, 9.17) is 10.8 Å². The Kier molecular flexibility index (Phi) is 6.35. The Balaban J connectivity index is 2.87. The monoisotopic (exact) mass is 293 g/mol. The van der Waals surface area contributed by atoms with Gasteiger partial charge in [0.2, 0.25) is 5.91 Å². The Hall–Kier alpha value is -2.41. The number of aliphatic carboxylic acids is 1. The zero-order valence-electron chi connectivity index (χ0n) is 11.8. The largest absolute Gasteiger partial charge is 0.480 e. The predicted octanol–water partition coefficient (Wildman–Crippen LogP) is -0.493. The molecule has 21 heavy (non-hydrogen) atoms. The molecule has 7 nitrogen and oxygen atoms in total. The number of rotatable bonds is 8. The van der Waals surface area contributed by atoms with E-state index in [0.29, 0.717) is 18.5 Å². The van der Waals surface area contributed by atoms with E-state index in [2.05, 4.69) is 10.6 Å². The first-order valence-electron chi connectivity index (χ1n) is 6.50. The van der Waals surface area contributed by atoms with Gasteiger partial charge in [0.1, 0.15) is 6.04 Å². The number of hydrogen-bond acceptors (Lipinski definition) is 4. The molecule has 1 unspecified atom stereocenters. The van der Waals surface area contributed by atoms with Crippen LogP contribution in [0.15, 0.2) is 24.3 Å². The molecule has 1 aromatic carbocycles. The van der Waals surface area contributed by atoms with E-state index in [1.54, 1.807) is 31.3 Å². The van der Waals surface area contributed by atoms with Gasteiger partial charge in [0, 0.05) is 5.56 Å². The summed E-state index contributed by atoms with van der Waals surface area (Å²) < 4.78 is 0. The summed E-state index contributed by atoms with van der Waals surface area (Å²) in [4.78, 5) is 34.0. The zero-order chi connectivity index (χ0) is 15.8. The van der Waals surface area contributed by atoms with Crippen molar-refractivity contribution in [3.8, 4) is 0 Å². The normalized spacial score (nSPS) is 11.7. The van der Waals surface area contributed by atoms with Crippen LogP contribution in [-0.4, -0.2) is 42.5 Å². The zero-order valence-corrected chi connectivity index (χ0v) is 11.8. The number of nitrogens with one attached hydrogen (secondary N) is 2. The summed E-state index contributed by atoms with van der Waals surface area (Å²) in [7, 11) is 1.80. The highest BCUT2D eigenvalue weighted by atomic mass is 16.4. The summed E-state index contributed by atoms with van der Waals surface area (Å²) in [6.45, 7) is 0.688. The average molecular weight is 293 g/mol. The van der Waals surface area contributed by atoms with Crippen molar-refractivity contribution in [1.82, 2.24) is 10.6 Å². The number of likely N-dealkylation sites (N-methyl/N-ethyl adjacent to an activating group) is 1. The van der Waals surface area contributed by atoms with Crippen LogP contribution in [0.3, 0.4) is 0 Å². The highest BCUT2D eigenvalue weighted by Gasteiger charge is 2.23. The SMILES string of the molecule is CNCCc1ccccc1C(=O)NC(CC(N)=O)C(=O)O. The van der Waals surface area contributed by atoms with Crippen molar-refractivity contribution >= 4 is 17.8 Å². The number of carboxylic acid groups (broad SMARTS) is 1. The molecule has 5 N–H and O–H groups in total. The molecule has 1 aromatic rings. The van der Waals surface area contributed by atoms with Crippen molar-refractivity contribution in [2.45, 2.75) is 18.9 Å². The first kappa shape index (κ1) is 16.6. The fourth-order valence-electron chi connectivity index (χ4n) is 1.86. The molecule has 0 fully saturated rings. The first-order valence-corrected chi connectivity index (χ1v) is 6.50. The second kappa shape index (κ2) is 8.01. The van der Waals surface area contributed by atoms with E-state index < -0.39 is 30.2 Å². The molecule has 0 aromatic heterocycles. The average Bonchev–Trinajstić information content (AvgIpc) is 2.44. The molecule has 0 spiro atoms. The van der Waals surface area contributed by atoms with Crippen LogP contribution in [0, 0.1) is 0 Å². The van der Waals surface area contributed by atoms with Crippen molar-refractivity contribution in [2.75, 3.05) is 13.6 Å². The standard InChI is InChI=1S/C14H19N3O4/c1-16-7-6-9-4-2-3-5-10(9)13(19)17-11(14(20)21)8-12(15)18/h2-5,11,16H,6-8H2,1H3,(H2,15,18)(H,17,19)(H,20,21). The van der Waals surface area contributed by atoms with Crippen LogP contribution >= 0.6 is 0 Å². The van der Waals surface area contributed by atoms with Crippen LogP contribution in [-0.2, 0) is 16.0 Å². The van der Waals surface area contributed by atoms with Crippen molar-refractivity contribution < 1.29 is 19.5 Å². The second-order valence-electron chi connectivity index (χ2n) is 4.55. The minimum Gasteiger partial charge on any atom is -0.480 e. The lowest BCUT2D eigenvalue weighted by atomic mass is 10.0. The number of carbonyl (C=O) groups is 3. The van der Waals surface area contributed by atoms with Crippen molar-refractivity contribution in [1.29, 1.82) is 0 Å². The summed E-state index contributed by atoms with van der Waals surface area (Å²) in [5.74, 6) is -2.61. The van der Waals surface area contributed by atoms with Gasteiger partial charge in [0.05, 0.1) is 6.42 Å². The lowest BCUT2D eigenvalue weighted by molar-refractivity contribution is -0.140. The van der Waals surface area contributed by atoms with Crippen molar-refractivity contribution in [2.24, 2.45) is 5.73 Å². The van der Waals surface area contributed by atoms with Crippen LogP contribution < -0.4 is 16.4 Å². The maximum absolute atomic E-state index is 12.2. The van der Waals surface area contributed by atoms with Gasteiger partial charge < -0.3 is 21.5 Å². The van der Waals surface area contributed by atoms with Gasteiger partial charge >= 0.3 is 5.97 Å². The molecular weight excluding hydrogens is 274 g/mol. The van der Waals surface area contributed by atoms with Gasteiger partial charge in [-0.25, -0.2) is 4.79 Å². The lowest BCUT2D eigenvalue weighted by Crippen LogP contribution is -2.43. The van der Waals surface area contributed by atoms with E-state index in [1.165, 1.54) is 0 Å². The fourth-order valence-corrected chi connectivity index (χ4v) is 1.86. The topological polar surface area (TPSA) is 122 Å². The van der Waals surface area contributed by atoms with Gasteiger partial charge in [-0.05, 0) is 31.6 Å². The molecule has 2 amide bonds. The molecule has 1 rings (SSSR count). The summed E-state index contributed by atoms with van der Waals surface area (Å²) in [5, 5.41) is 14.3. The second-order valence-corrected chi connectivity index (χ2v) is 4.55. The molecule has 0 radical (unpaired) electrons. The highest BCUT2D eigenvalue weighted by molar-refractivity contribution is 5.98. The van der Waals surface area contributed by atoms with Gasteiger partial charge in [-0.15, -0.1) is 0 Å². The van der Waals surface area contributed by atoms with Crippen LogP contribution in [0.2, 0.25) is 0 Å². The van der Waals surface area contributed by atoms with Gasteiger partial charge in [0.25, 0.3) is 5.91 Å². The van der Waals surface area contributed by atoms with E-state index in [0.717, 1.165) is 5.56 Å². The van der Waals surface area contributed by atoms with Crippen molar-refractivity contribution in [3.05, 3.63) is 35.4 Å². The molecule has 0 aliphatic heterocycles. The highest BCUT2D eigenvalue weighted by Crippen LogP contribution is 2.10. The number of carboxylic acids is 1. The molecule has 114 valence electrons. The smallest absolute Gasteiger partial charge is 0.326 e. The summed E-state index contributed by atoms with van der Waals surface area (Å²) in [5.41, 5.74) is 6.17. The molecular formula is C14H19N3O4. The maximum Gasteiger partial charge on any atom is 0.326 e. The number of benzene rings is 1. The first-order chi connectivity index (χ1) is 9.95. The minimum atomic E-state index is -1.33. The predicted molar refractivity (Wildman–Crippen MR) is 76.8 cm³/mol. The molecule has 0 saturated carbocycles. The third-order valence-corrected chi connectivity index (χ3v) is 2.92. The molecule has 7 heteroatoms. The summed E-state index contributed by atoms with van der Waals surface area (Å²) in [6.07, 6.45) is 0.188. The molecule has 0 bridgehead atoms. The number of amides is 2. The summed E-state index contributed by atoms with van der Waals surface area (Å²) in [6, 6.07) is 5.59. The quantitative estimate of drug-likeness (QED) is 0.515. The molecule has 0 saturated heterocycles. The number of carbonyl (C=O) groups excluding carboxylic acids is 2. The van der Waals surface area contributed by atoms with Crippen LogP contribution in [0.25, 0.3) is 0 Å². The third kappa shape index (κ3) is 5.23. The maximum atomic E-state index is 12.2. The molecule has 0 heterocycles. The van der Waals surface area contributed by atoms with E-state index in [-0.39, 0.29) is 0 Å². The van der Waals surface area contributed by atoms with Gasteiger partial charge in [-0.2, -0.15) is 0 Å². The number of nitrogens with two attached hydrogens (primary N) is 1. The Morgan fingerprint density at radius 3 is 2.52 bits per heavy atom. The Morgan fingerprint density at radius 1 is 1.29 bits per heavy atom. The van der Waals surface area contributed by atoms with Gasteiger partial charge in [-0.3, -0.25) is 9.59 Å². The van der Waals surface area contributed by atoms with E-state index in [1.807, 2.05) is 0 Å². The molecule has 1 atom stereocenters. The minimum absolute atomic E-state index is 0.392. The van der Waals surface area contributed by atoms with Crippen LogP contribution in [0.5, 0.6) is 0 Å².